The van der Waals surface area contributed by atoms with E-state index in [-0.39, 0.29) is 18.4 Å². The maximum Gasteiger partial charge on any atom is 0.252 e. The first-order chi connectivity index (χ1) is 12.5. The summed E-state index contributed by atoms with van der Waals surface area (Å²) < 4.78 is 27.2. The molecule has 0 spiro atoms. The molecule has 1 amide bonds. The van der Waals surface area contributed by atoms with Gasteiger partial charge in [0.1, 0.15) is 4.21 Å². The molecule has 0 bridgehead atoms. The molecule has 2 aliphatic rings. The summed E-state index contributed by atoms with van der Waals surface area (Å²) in [4.78, 5) is 15.0. The lowest BCUT2D eigenvalue weighted by Gasteiger charge is -2.31. The number of rotatable bonds is 7. The first-order valence-corrected chi connectivity index (χ1v) is 11.9. The topological polar surface area (TPSA) is 69.7 Å². The predicted molar refractivity (Wildman–Crippen MR) is 104 cm³/mol. The molecular formula is C18H29N3O3S2. The number of hydrogen-bond donors (Lipinski definition) is 1. The first-order valence-electron chi connectivity index (χ1n) is 9.54. The highest BCUT2D eigenvalue weighted by molar-refractivity contribution is 7.91. The summed E-state index contributed by atoms with van der Waals surface area (Å²) in [5.41, 5.74) is 0. The Hall–Kier alpha value is -0.960. The van der Waals surface area contributed by atoms with E-state index in [4.69, 9.17) is 0 Å². The van der Waals surface area contributed by atoms with Gasteiger partial charge in [-0.05, 0) is 63.6 Å². The van der Waals surface area contributed by atoms with Gasteiger partial charge in [0.2, 0.25) is 5.91 Å². The van der Waals surface area contributed by atoms with E-state index in [1.54, 1.807) is 17.5 Å². The maximum absolute atomic E-state index is 12.7. The number of likely N-dealkylation sites (tertiary alicyclic amines) is 1. The molecule has 2 atom stereocenters. The molecule has 3 heterocycles. The Labute approximate surface area is 160 Å². The molecule has 0 aliphatic carbocycles. The average Bonchev–Trinajstić information content (AvgIpc) is 3.35. The first kappa shape index (κ1) is 19.8. The van der Waals surface area contributed by atoms with E-state index in [0.29, 0.717) is 23.3 Å². The minimum atomic E-state index is -3.46. The molecule has 0 radical (unpaired) electrons. The molecule has 26 heavy (non-hydrogen) atoms. The van der Waals surface area contributed by atoms with Crippen molar-refractivity contribution in [3.63, 3.8) is 0 Å². The van der Waals surface area contributed by atoms with Crippen molar-refractivity contribution in [1.29, 1.82) is 0 Å². The van der Waals surface area contributed by atoms with Crippen LogP contribution in [-0.2, 0) is 14.8 Å². The van der Waals surface area contributed by atoms with Crippen molar-refractivity contribution >= 4 is 27.3 Å². The molecule has 1 N–H and O–H groups in total. The van der Waals surface area contributed by atoms with Crippen molar-refractivity contribution < 1.29 is 13.2 Å². The highest BCUT2D eigenvalue weighted by atomic mass is 32.2. The van der Waals surface area contributed by atoms with E-state index in [1.807, 2.05) is 0 Å². The fourth-order valence-corrected chi connectivity index (χ4v) is 6.49. The van der Waals surface area contributed by atoms with Gasteiger partial charge >= 0.3 is 0 Å². The van der Waals surface area contributed by atoms with Crippen LogP contribution in [0.3, 0.4) is 0 Å². The van der Waals surface area contributed by atoms with Crippen molar-refractivity contribution in [3.8, 4) is 0 Å². The SMILES string of the molecule is C[C@@H](CCNC(=O)[C@H]1CCCN(S(=O)(=O)c2cccs2)C1)N1CCCC1. The molecule has 1 aromatic heterocycles. The number of amides is 1. The van der Waals surface area contributed by atoms with Gasteiger partial charge in [-0.15, -0.1) is 11.3 Å². The lowest BCUT2D eigenvalue weighted by molar-refractivity contribution is -0.126. The van der Waals surface area contributed by atoms with E-state index < -0.39 is 10.0 Å². The quantitative estimate of drug-likeness (QED) is 0.763. The van der Waals surface area contributed by atoms with E-state index >= 15 is 0 Å². The molecule has 2 fully saturated rings. The predicted octanol–water partition coefficient (Wildman–Crippen LogP) is 2.14. The number of carbonyl (C=O) groups is 1. The summed E-state index contributed by atoms with van der Waals surface area (Å²) in [6, 6.07) is 3.86. The van der Waals surface area contributed by atoms with Crippen LogP contribution < -0.4 is 5.32 Å². The Morgan fingerprint density at radius 1 is 1.31 bits per heavy atom. The van der Waals surface area contributed by atoms with Crippen LogP contribution >= 0.6 is 11.3 Å². The van der Waals surface area contributed by atoms with Crippen LogP contribution in [0.25, 0.3) is 0 Å². The summed E-state index contributed by atoms with van der Waals surface area (Å²) in [5, 5.41) is 4.80. The number of nitrogens with one attached hydrogen (secondary N) is 1. The zero-order chi connectivity index (χ0) is 18.6. The van der Waals surface area contributed by atoms with Gasteiger partial charge in [0, 0.05) is 25.7 Å². The highest BCUT2D eigenvalue weighted by Gasteiger charge is 2.33. The average molecular weight is 400 g/mol. The third kappa shape index (κ3) is 4.65. The summed E-state index contributed by atoms with van der Waals surface area (Å²) in [5.74, 6) is -0.259. The highest BCUT2D eigenvalue weighted by Crippen LogP contribution is 2.26. The molecule has 0 unspecified atom stereocenters. The number of hydrogen-bond acceptors (Lipinski definition) is 5. The molecular weight excluding hydrogens is 370 g/mol. The summed E-state index contributed by atoms with van der Waals surface area (Å²) in [7, 11) is -3.46. The standard InChI is InChI=1S/C18H29N3O3S2/c1-15(20-10-2-3-11-20)8-9-19-18(22)16-6-4-12-21(14-16)26(23,24)17-7-5-13-25-17/h5,7,13,15-16H,2-4,6,8-12,14H2,1H3,(H,19,22)/t15-,16-/m0/s1. The molecule has 2 saturated heterocycles. The van der Waals surface area contributed by atoms with Gasteiger partial charge < -0.3 is 10.2 Å². The molecule has 0 aromatic carbocycles. The second-order valence-electron chi connectivity index (χ2n) is 7.31. The van der Waals surface area contributed by atoms with Crippen LogP contribution in [0.15, 0.2) is 21.7 Å². The van der Waals surface area contributed by atoms with Gasteiger partial charge in [-0.1, -0.05) is 6.07 Å². The summed E-state index contributed by atoms with van der Waals surface area (Å²) in [6.45, 7) is 5.97. The minimum Gasteiger partial charge on any atom is -0.356 e. The van der Waals surface area contributed by atoms with Crippen LogP contribution in [0.1, 0.15) is 39.0 Å². The number of sulfonamides is 1. The number of nitrogens with zero attached hydrogens (tertiary/aromatic N) is 2. The Balaban J connectivity index is 1.48. The largest absolute Gasteiger partial charge is 0.356 e. The van der Waals surface area contributed by atoms with Crippen molar-refractivity contribution in [2.45, 2.75) is 49.3 Å². The van der Waals surface area contributed by atoms with Crippen LogP contribution in [0.4, 0.5) is 0 Å². The minimum absolute atomic E-state index is 0.00954. The molecule has 2 aliphatic heterocycles. The molecule has 3 rings (SSSR count). The van der Waals surface area contributed by atoms with Crippen molar-refractivity contribution in [2.24, 2.45) is 5.92 Å². The monoisotopic (exact) mass is 399 g/mol. The second-order valence-corrected chi connectivity index (χ2v) is 10.4. The van der Waals surface area contributed by atoms with Crippen LogP contribution in [0, 0.1) is 5.92 Å². The lowest BCUT2D eigenvalue weighted by Crippen LogP contribution is -2.45. The van der Waals surface area contributed by atoms with Crippen LogP contribution in [0.2, 0.25) is 0 Å². The molecule has 6 nitrogen and oxygen atoms in total. The van der Waals surface area contributed by atoms with Gasteiger partial charge in [-0.2, -0.15) is 4.31 Å². The molecule has 146 valence electrons. The Morgan fingerprint density at radius 3 is 2.77 bits per heavy atom. The third-order valence-corrected chi connectivity index (χ3v) is 8.71. The van der Waals surface area contributed by atoms with E-state index in [2.05, 4.69) is 17.1 Å². The van der Waals surface area contributed by atoms with Crippen LogP contribution in [0.5, 0.6) is 0 Å². The lowest BCUT2D eigenvalue weighted by atomic mass is 9.99. The number of thiophene rings is 1. The van der Waals surface area contributed by atoms with Gasteiger partial charge in [-0.3, -0.25) is 4.79 Å². The number of piperidine rings is 1. The zero-order valence-corrected chi connectivity index (χ0v) is 17.0. The molecule has 8 heteroatoms. The van der Waals surface area contributed by atoms with E-state index in [1.165, 1.54) is 28.5 Å². The normalized spacial score (nSPS) is 23.8. The maximum atomic E-state index is 12.7. The second kappa shape index (κ2) is 8.82. The molecule has 0 saturated carbocycles. The smallest absolute Gasteiger partial charge is 0.252 e. The Kier molecular flexibility index (Phi) is 6.71. The van der Waals surface area contributed by atoms with E-state index in [9.17, 15) is 13.2 Å². The van der Waals surface area contributed by atoms with E-state index in [0.717, 1.165) is 32.4 Å². The van der Waals surface area contributed by atoms with Gasteiger partial charge in [-0.25, -0.2) is 8.42 Å². The van der Waals surface area contributed by atoms with Crippen molar-refractivity contribution in [3.05, 3.63) is 17.5 Å². The zero-order valence-electron chi connectivity index (χ0n) is 15.4. The third-order valence-electron chi connectivity index (χ3n) is 5.47. The van der Waals surface area contributed by atoms with Gasteiger partial charge in [0.25, 0.3) is 10.0 Å². The van der Waals surface area contributed by atoms with Crippen molar-refractivity contribution in [1.82, 2.24) is 14.5 Å². The van der Waals surface area contributed by atoms with Gasteiger partial charge in [0.15, 0.2) is 0 Å². The summed E-state index contributed by atoms with van der Waals surface area (Å²) in [6.07, 6.45) is 4.97. The summed E-state index contributed by atoms with van der Waals surface area (Å²) >= 11 is 1.23. The Bertz CT molecular complexity index is 685. The van der Waals surface area contributed by atoms with Crippen LogP contribution in [-0.4, -0.2) is 62.3 Å². The Morgan fingerprint density at radius 2 is 2.08 bits per heavy atom. The van der Waals surface area contributed by atoms with Gasteiger partial charge in [0.05, 0.1) is 5.92 Å². The number of carbonyl (C=O) groups excluding carboxylic acids is 1. The fraction of sp³-hybridized carbons (Fsp3) is 0.722. The fourth-order valence-electron chi connectivity index (χ4n) is 3.83. The van der Waals surface area contributed by atoms with Crippen molar-refractivity contribution in [2.75, 3.05) is 32.7 Å². The molecule has 1 aromatic rings.